The zero-order valence-electron chi connectivity index (χ0n) is 29.6. The summed E-state index contributed by atoms with van der Waals surface area (Å²) in [6.45, 7) is 1.13. The number of rotatable bonds is 3. The van der Waals surface area contributed by atoms with Gasteiger partial charge in [0.25, 0.3) is 13.4 Å². The molecule has 0 bridgehead atoms. The molecule has 246 valence electrons. The first-order chi connectivity index (χ1) is 25.4. The Hall–Kier alpha value is -5.81. The van der Waals surface area contributed by atoms with Crippen LogP contribution in [0.25, 0.3) is 0 Å². The largest absolute Gasteiger partial charge is 0.458 e. The molecule has 0 aliphatic carbocycles. The number of hydrogen-bond acceptors (Lipinski definition) is 2. The molecule has 7 aromatic carbocycles. The fourth-order valence-electron chi connectivity index (χ4n) is 10.1. The third-order valence-electron chi connectivity index (χ3n) is 12.3. The number of fused-ring (bicyclic) bond motifs is 8. The van der Waals surface area contributed by atoms with Crippen molar-refractivity contribution in [3.05, 3.63) is 163 Å². The zero-order valence-corrected chi connectivity index (χ0v) is 29.6. The number of nitrogens with zero attached hydrogens (tertiary/aromatic N) is 3. The number of anilines is 3. The van der Waals surface area contributed by atoms with Crippen molar-refractivity contribution in [2.45, 2.75) is 6.54 Å². The van der Waals surface area contributed by atoms with Crippen molar-refractivity contribution < 1.29 is 4.74 Å². The van der Waals surface area contributed by atoms with Crippen molar-refractivity contribution in [3.63, 3.8) is 0 Å². The highest BCUT2D eigenvalue weighted by atomic mass is 16.5. The van der Waals surface area contributed by atoms with E-state index in [2.05, 4.69) is 184 Å². The number of hydrogen-bond donors (Lipinski definition) is 0. The highest BCUT2D eigenvalue weighted by molar-refractivity contribution is 7.00. The first-order valence-corrected chi connectivity index (χ1v) is 18.3. The Kier molecular flexibility index (Phi) is 6.10. The van der Waals surface area contributed by atoms with Gasteiger partial charge in [-0.25, -0.2) is 0 Å². The number of quaternary nitrogens is 2. The van der Waals surface area contributed by atoms with Gasteiger partial charge in [-0.05, 0) is 82.5 Å². The molecule has 7 aromatic rings. The lowest BCUT2D eigenvalue weighted by Crippen LogP contribution is -2.64. The molecule has 52 heavy (non-hydrogen) atoms. The van der Waals surface area contributed by atoms with Crippen molar-refractivity contribution >= 4 is 86.0 Å². The van der Waals surface area contributed by atoms with Crippen LogP contribution in [0.5, 0.6) is 11.5 Å². The van der Waals surface area contributed by atoms with Crippen molar-refractivity contribution in [1.29, 1.82) is 0 Å². The quantitative estimate of drug-likeness (QED) is 0.155. The number of para-hydroxylation sites is 4. The Labute approximate surface area is 306 Å². The van der Waals surface area contributed by atoms with Gasteiger partial charge in [-0.1, -0.05) is 97.1 Å². The second-order valence-corrected chi connectivity index (χ2v) is 15.4. The predicted octanol–water partition coefficient (Wildman–Crippen LogP) is 6.60. The molecule has 4 heterocycles. The highest BCUT2D eigenvalue weighted by Crippen LogP contribution is 2.44. The lowest BCUT2D eigenvalue weighted by molar-refractivity contribution is 0.446. The average molecular weight is 669 g/mol. The van der Waals surface area contributed by atoms with Gasteiger partial charge in [0, 0.05) is 33.6 Å². The Morgan fingerprint density at radius 2 is 1.06 bits per heavy atom. The van der Waals surface area contributed by atoms with Gasteiger partial charge < -0.3 is 9.64 Å². The first-order valence-electron chi connectivity index (χ1n) is 18.3. The molecule has 0 fully saturated rings. The Morgan fingerprint density at radius 3 is 1.90 bits per heavy atom. The van der Waals surface area contributed by atoms with E-state index in [1.807, 2.05) is 0 Å². The van der Waals surface area contributed by atoms with E-state index >= 15 is 0 Å². The summed E-state index contributed by atoms with van der Waals surface area (Å²) in [6.07, 6.45) is 0. The summed E-state index contributed by atoms with van der Waals surface area (Å²) in [6, 6.07) is 58.4. The van der Waals surface area contributed by atoms with Gasteiger partial charge in [0.05, 0.1) is 21.1 Å². The maximum atomic E-state index is 6.60. The second kappa shape index (κ2) is 10.6. The van der Waals surface area contributed by atoms with Crippen LogP contribution in [0.1, 0.15) is 5.56 Å². The van der Waals surface area contributed by atoms with E-state index in [-0.39, 0.29) is 13.4 Å². The standard InChI is InChI=1S/C46H37B2N3O/c1-50(2)39-23-9-5-18-34(39)47-33-17-4-8-21-37(33)49(38-22-13-25-41(50)45(38)47)32-16-12-15-31(29-32)30-51(3)40-24-10-6-19-35(40)48-36-20-7-11-27-43(36)52-44-28-14-26-42(51)46(44)48/h4-29H,30H2,1-3H3/q+2/t51-/m1/s1. The Balaban J connectivity index is 1.07. The SMILES string of the molecule is C[N+]1(C)c2ccccc2B2c3ccccc3N(c3cccc(C[N@+]4(C)c5ccccc5B5c6ccccc6Oc6cccc4c65)c3)c3cccc1c32. The van der Waals surface area contributed by atoms with Crippen molar-refractivity contribution in [3.8, 4) is 11.5 Å². The van der Waals surface area contributed by atoms with Gasteiger partial charge in [-0.3, -0.25) is 8.97 Å². The molecule has 0 radical (unpaired) electrons. The molecular formula is C46H37B2N3O+2. The second-order valence-electron chi connectivity index (χ2n) is 15.4. The fourth-order valence-corrected chi connectivity index (χ4v) is 10.1. The molecule has 4 nitrogen and oxygen atoms in total. The molecule has 11 rings (SSSR count). The molecule has 0 saturated carbocycles. The third kappa shape index (κ3) is 3.91. The summed E-state index contributed by atoms with van der Waals surface area (Å²) < 4.78 is 7.98. The highest BCUT2D eigenvalue weighted by Gasteiger charge is 2.49. The van der Waals surface area contributed by atoms with Gasteiger partial charge in [-0.2, -0.15) is 0 Å². The zero-order chi connectivity index (χ0) is 34.8. The van der Waals surface area contributed by atoms with Gasteiger partial charge >= 0.3 is 0 Å². The Morgan fingerprint density at radius 1 is 0.481 bits per heavy atom. The van der Waals surface area contributed by atoms with Crippen LogP contribution in [-0.4, -0.2) is 34.6 Å². The van der Waals surface area contributed by atoms with Crippen LogP contribution in [0.2, 0.25) is 0 Å². The summed E-state index contributed by atoms with van der Waals surface area (Å²) in [5.74, 6) is 1.92. The molecule has 0 N–H and O–H groups in total. The van der Waals surface area contributed by atoms with E-state index < -0.39 is 0 Å². The fraction of sp³-hybridized carbons (Fsp3) is 0.0870. The Bertz CT molecular complexity index is 2630. The molecule has 0 spiro atoms. The van der Waals surface area contributed by atoms with Crippen LogP contribution in [0, 0.1) is 0 Å². The van der Waals surface area contributed by atoms with Crippen LogP contribution in [-0.2, 0) is 6.54 Å². The summed E-state index contributed by atoms with van der Waals surface area (Å²) in [4.78, 5) is 2.51. The van der Waals surface area contributed by atoms with E-state index in [0.717, 1.165) is 22.5 Å². The smallest absolute Gasteiger partial charge is 0.266 e. The number of benzene rings is 7. The lowest BCUT2D eigenvalue weighted by atomic mass is 9.33. The minimum Gasteiger partial charge on any atom is -0.458 e. The molecule has 0 unspecified atom stereocenters. The predicted molar refractivity (Wildman–Crippen MR) is 221 cm³/mol. The van der Waals surface area contributed by atoms with Crippen LogP contribution in [0.4, 0.5) is 39.8 Å². The molecule has 0 saturated heterocycles. The number of ether oxygens (including phenoxy) is 1. The molecule has 0 aromatic heterocycles. The van der Waals surface area contributed by atoms with E-state index in [1.165, 1.54) is 78.2 Å². The van der Waals surface area contributed by atoms with E-state index in [4.69, 9.17) is 4.74 Å². The maximum Gasteiger partial charge on any atom is 0.266 e. The molecular weight excluding hydrogens is 632 g/mol. The molecule has 0 amide bonds. The van der Waals surface area contributed by atoms with Crippen LogP contribution in [0.3, 0.4) is 0 Å². The summed E-state index contributed by atoms with van der Waals surface area (Å²) >= 11 is 0. The summed E-state index contributed by atoms with van der Waals surface area (Å²) in [5.41, 5.74) is 18.3. The van der Waals surface area contributed by atoms with Gasteiger partial charge in [-0.15, -0.1) is 0 Å². The minimum atomic E-state index is 0.139. The monoisotopic (exact) mass is 669 g/mol. The molecule has 6 heteroatoms. The van der Waals surface area contributed by atoms with Crippen LogP contribution >= 0.6 is 0 Å². The molecule has 4 aliphatic heterocycles. The van der Waals surface area contributed by atoms with Gasteiger partial charge in [0.2, 0.25) is 0 Å². The molecule has 1 atom stereocenters. The minimum absolute atomic E-state index is 0.139. The van der Waals surface area contributed by atoms with Crippen molar-refractivity contribution in [1.82, 2.24) is 8.97 Å². The average Bonchev–Trinajstić information content (AvgIpc) is 3.18. The van der Waals surface area contributed by atoms with Crippen molar-refractivity contribution in [2.24, 2.45) is 0 Å². The topological polar surface area (TPSA) is 12.5 Å². The third-order valence-corrected chi connectivity index (χ3v) is 12.3. The molecule has 4 aliphatic rings. The van der Waals surface area contributed by atoms with Crippen molar-refractivity contribution in [2.75, 3.05) is 26.0 Å². The van der Waals surface area contributed by atoms with Gasteiger partial charge in [0.1, 0.15) is 40.8 Å². The van der Waals surface area contributed by atoms with E-state index in [9.17, 15) is 0 Å². The summed E-state index contributed by atoms with van der Waals surface area (Å²) in [5, 5.41) is 0. The van der Waals surface area contributed by atoms with Crippen LogP contribution in [0.15, 0.2) is 158 Å². The summed E-state index contributed by atoms with van der Waals surface area (Å²) in [7, 11) is 7.03. The van der Waals surface area contributed by atoms with E-state index in [1.54, 1.807) is 0 Å². The van der Waals surface area contributed by atoms with Gasteiger partial charge in [0.15, 0.2) is 0 Å². The van der Waals surface area contributed by atoms with E-state index in [0.29, 0.717) is 4.48 Å². The lowest BCUT2D eigenvalue weighted by Gasteiger charge is -2.45. The maximum absolute atomic E-state index is 6.60. The first kappa shape index (κ1) is 29.9. The normalized spacial score (nSPS) is 17.9. The van der Waals surface area contributed by atoms with Crippen LogP contribution < -0.4 is 51.4 Å².